The van der Waals surface area contributed by atoms with Crippen LogP contribution in [0.5, 0.6) is 0 Å². The van der Waals surface area contributed by atoms with Gasteiger partial charge in [-0.3, -0.25) is 18.8 Å². The number of nitrogens with one attached hydrogen (secondary N) is 1. The number of anilines is 1. The molecule has 0 aliphatic carbocycles. The van der Waals surface area contributed by atoms with Crippen LogP contribution in [0.15, 0.2) is 72.2 Å². The summed E-state index contributed by atoms with van der Waals surface area (Å²) in [5, 5.41) is 11.6. The predicted molar refractivity (Wildman–Crippen MR) is 132 cm³/mol. The number of carbonyl (C=O) groups is 1. The summed E-state index contributed by atoms with van der Waals surface area (Å²) in [6.07, 6.45) is 7.89. The van der Waals surface area contributed by atoms with Gasteiger partial charge in [0.2, 0.25) is 0 Å². The topological polar surface area (TPSA) is 138 Å². The molecule has 178 valence electrons. The number of rotatable bonds is 4. The first kappa shape index (κ1) is 22.5. The quantitative estimate of drug-likeness (QED) is 0.372. The highest BCUT2D eigenvalue weighted by molar-refractivity contribution is 5.96. The smallest absolute Gasteiger partial charge is 0.283 e. The molecule has 11 heteroatoms. The highest BCUT2D eigenvalue weighted by Gasteiger charge is 2.23. The van der Waals surface area contributed by atoms with Gasteiger partial charge in [0.25, 0.3) is 11.5 Å². The van der Waals surface area contributed by atoms with Gasteiger partial charge in [-0.1, -0.05) is 30.0 Å². The molecular weight excluding hydrogens is 458 g/mol. The van der Waals surface area contributed by atoms with Crippen molar-refractivity contribution in [2.45, 2.75) is 13.0 Å². The largest absolute Gasteiger partial charge is 0.382 e. The van der Waals surface area contributed by atoms with Crippen LogP contribution in [0.3, 0.4) is 0 Å². The van der Waals surface area contributed by atoms with Crippen LogP contribution in [-0.4, -0.2) is 39.8 Å². The zero-order valence-corrected chi connectivity index (χ0v) is 19.5. The monoisotopic (exact) mass is 479 g/mol. The lowest BCUT2D eigenvalue weighted by Crippen LogP contribution is -2.35. The lowest BCUT2D eigenvalue weighted by molar-refractivity contribution is 0.0933. The number of para-hydroxylation sites is 1. The average Bonchev–Trinajstić information content (AvgIpc) is 3.49. The van der Waals surface area contributed by atoms with E-state index in [1.807, 2.05) is 25.2 Å². The van der Waals surface area contributed by atoms with Crippen LogP contribution in [0, 0.1) is 11.8 Å². The van der Waals surface area contributed by atoms with Gasteiger partial charge in [0.05, 0.1) is 29.1 Å². The second kappa shape index (κ2) is 9.19. The Kier molecular flexibility index (Phi) is 5.75. The lowest BCUT2D eigenvalue weighted by Gasteiger charge is -2.19. The van der Waals surface area contributed by atoms with E-state index in [1.165, 1.54) is 21.5 Å². The number of nitrogens with two attached hydrogens (primary N) is 1. The molecule has 5 rings (SSSR count). The van der Waals surface area contributed by atoms with Gasteiger partial charge in [0, 0.05) is 31.8 Å². The Hall–Kier alpha value is -5.24. The van der Waals surface area contributed by atoms with Crippen LogP contribution in [-0.2, 0) is 7.05 Å². The van der Waals surface area contributed by atoms with Gasteiger partial charge in [0.1, 0.15) is 5.52 Å². The Morgan fingerprint density at radius 1 is 1.11 bits per heavy atom. The fourth-order valence-corrected chi connectivity index (χ4v) is 3.77. The summed E-state index contributed by atoms with van der Waals surface area (Å²) < 4.78 is 4.60. The fraction of sp³-hybridized carbons (Fsp3) is 0.120. The summed E-state index contributed by atoms with van der Waals surface area (Å²) in [6, 6.07) is 10.1. The highest BCUT2D eigenvalue weighted by atomic mass is 16.2. The molecular formula is C25H21N9O2. The normalized spacial score (nSPS) is 11.6. The average molecular weight is 480 g/mol. The minimum absolute atomic E-state index is 0.00652. The molecule has 1 aromatic carbocycles. The molecule has 0 saturated heterocycles. The van der Waals surface area contributed by atoms with Gasteiger partial charge in [-0.25, -0.2) is 14.5 Å². The maximum absolute atomic E-state index is 13.8. The van der Waals surface area contributed by atoms with Crippen molar-refractivity contribution in [3.63, 3.8) is 0 Å². The van der Waals surface area contributed by atoms with E-state index in [2.05, 4.69) is 37.3 Å². The second-order valence-corrected chi connectivity index (χ2v) is 7.99. The van der Waals surface area contributed by atoms with Crippen molar-refractivity contribution in [3.05, 3.63) is 100 Å². The Bertz CT molecular complexity index is 1700. The molecule has 0 fully saturated rings. The molecule has 1 amide bonds. The Labute approximate surface area is 205 Å². The highest BCUT2D eigenvalue weighted by Crippen LogP contribution is 2.17. The molecule has 0 aliphatic rings. The van der Waals surface area contributed by atoms with Gasteiger partial charge in [0.15, 0.2) is 17.3 Å². The summed E-state index contributed by atoms with van der Waals surface area (Å²) in [7, 11) is 1.81. The molecule has 3 N–H and O–H groups in total. The molecule has 0 spiro atoms. The maximum Gasteiger partial charge on any atom is 0.283 e. The van der Waals surface area contributed by atoms with E-state index in [1.54, 1.807) is 48.4 Å². The van der Waals surface area contributed by atoms with Crippen molar-refractivity contribution in [2.75, 3.05) is 5.73 Å². The predicted octanol–water partition coefficient (Wildman–Crippen LogP) is 1.48. The van der Waals surface area contributed by atoms with Gasteiger partial charge < -0.3 is 11.1 Å². The van der Waals surface area contributed by atoms with Crippen molar-refractivity contribution in [1.82, 2.24) is 39.2 Å². The zero-order valence-electron chi connectivity index (χ0n) is 19.5. The summed E-state index contributed by atoms with van der Waals surface area (Å²) in [6.45, 7) is 1.73. The van der Waals surface area contributed by atoms with Gasteiger partial charge in [-0.05, 0) is 25.1 Å². The second-order valence-electron chi connectivity index (χ2n) is 7.99. The maximum atomic E-state index is 13.8. The van der Waals surface area contributed by atoms with Crippen molar-refractivity contribution >= 4 is 17.2 Å². The van der Waals surface area contributed by atoms with Crippen LogP contribution in [0.1, 0.15) is 40.4 Å². The number of aromatic nitrogens is 7. The van der Waals surface area contributed by atoms with Crippen molar-refractivity contribution in [3.8, 4) is 17.5 Å². The van der Waals surface area contributed by atoms with E-state index in [0.717, 1.165) is 5.56 Å². The van der Waals surface area contributed by atoms with Gasteiger partial charge in [-0.15, -0.1) is 0 Å². The fourth-order valence-electron chi connectivity index (χ4n) is 3.77. The first-order valence-electron chi connectivity index (χ1n) is 11.0. The molecule has 0 unspecified atom stereocenters. The molecule has 1 atom stereocenters. The van der Waals surface area contributed by atoms with E-state index in [4.69, 9.17) is 5.73 Å². The minimum Gasteiger partial charge on any atom is -0.382 e. The van der Waals surface area contributed by atoms with Crippen molar-refractivity contribution in [1.29, 1.82) is 0 Å². The molecule has 4 aromatic heterocycles. The number of fused-ring (bicyclic) bond motifs is 1. The molecule has 36 heavy (non-hydrogen) atoms. The van der Waals surface area contributed by atoms with E-state index in [-0.39, 0.29) is 17.1 Å². The van der Waals surface area contributed by atoms with E-state index in [0.29, 0.717) is 22.6 Å². The van der Waals surface area contributed by atoms with Gasteiger partial charge in [-0.2, -0.15) is 10.2 Å². The summed E-state index contributed by atoms with van der Waals surface area (Å²) in [5.74, 6) is 5.87. The number of nitrogen functional groups attached to an aromatic ring is 1. The van der Waals surface area contributed by atoms with Crippen LogP contribution >= 0.6 is 0 Å². The zero-order chi connectivity index (χ0) is 25.2. The molecule has 5 aromatic rings. The number of benzene rings is 1. The molecule has 11 nitrogen and oxygen atoms in total. The van der Waals surface area contributed by atoms with Crippen LogP contribution < -0.4 is 16.6 Å². The minimum atomic E-state index is -0.677. The Balaban J connectivity index is 1.62. The molecule has 0 bridgehead atoms. The van der Waals surface area contributed by atoms with Crippen LogP contribution in [0.25, 0.3) is 11.2 Å². The summed E-state index contributed by atoms with van der Waals surface area (Å²) in [5.41, 5.74) is 7.63. The molecule has 0 aliphatic heterocycles. The molecule has 0 saturated carbocycles. The number of amides is 1. The number of hydrogen-bond acceptors (Lipinski definition) is 7. The third kappa shape index (κ3) is 4.19. The van der Waals surface area contributed by atoms with Gasteiger partial charge >= 0.3 is 0 Å². The van der Waals surface area contributed by atoms with Crippen LogP contribution in [0.4, 0.5) is 5.82 Å². The van der Waals surface area contributed by atoms with E-state index >= 15 is 0 Å². The Morgan fingerprint density at radius 3 is 2.61 bits per heavy atom. The third-order valence-electron chi connectivity index (χ3n) is 5.45. The Morgan fingerprint density at radius 2 is 1.89 bits per heavy atom. The third-order valence-corrected chi connectivity index (χ3v) is 5.45. The first-order chi connectivity index (χ1) is 17.4. The first-order valence-corrected chi connectivity index (χ1v) is 11.0. The lowest BCUT2D eigenvalue weighted by atomic mass is 10.2. The summed E-state index contributed by atoms with van der Waals surface area (Å²) in [4.78, 5) is 34.6. The number of aryl methyl sites for hydroxylation is 1. The van der Waals surface area contributed by atoms with Crippen LogP contribution in [0.2, 0.25) is 0 Å². The standard InChI is InChI=1S/C25H21N9O2/c1-16(30-24(35)20-22(26)28-12-11-27-20)23-31-33-13-10-18(9-8-17-14-29-32(2)15-17)21(33)25(36)34(23)19-6-4-3-5-7-19/h3-7,10-16H,1-2H3,(H2,26,28)(H,30,35)/t16-/m1/s1. The van der Waals surface area contributed by atoms with E-state index < -0.39 is 11.9 Å². The molecule has 0 radical (unpaired) electrons. The number of nitrogens with zero attached hydrogens (tertiary/aromatic N) is 7. The SMILES string of the molecule is C[C@@H](NC(=O)c1nccnc1N)c1nn2ccc(C#Cc3cnn(C)c3)c2c(=O)n1-c1ccccc1. The van der Waals surface area contributed by atoms with E-state index in [9.17, 15) is 9.59 Å². The number of carbonyl (C=O) groups excluding carboxylic acids is 1. The van der Waals surface area contributed by atoms with Crippen molar-refractivity contribution < 1.29 is 4.79 Å². The number of hydrogen-bond donors (Lipinski definition) is 2. The molecule has 4 heterocycles. The summed E-state index contributed by atoms with van der Waals surface area (Å²) >= 11 is 0. The van der Waals surface area contributed by atoms with Crippen molar-refractivity contribution in [2.24, 2.45) is 7.05 Å².